The fourth-order valence-electron chi connectivity index (χ4n) is 16.1. The van der Waals surface area contributed by atoms with Crippen molar-refractivity contribution in [1.82, 2.24) is 98.2 Å². The van der Waals surface area contributed by atoms with Gasteiger partial charge in [-0.15, -0.1) is 0 Å². The van der Waals surface area contributed by atoms with Crippen LogP contribution in [0.3, 0.4) is 0 Å². The smallest absolute Gasteiger partial charge is 0.259 e. The molecule has 0 spiro atoms. The Hall–Kier alpha value is -10.6. The summed E-state index contributed by atoms with van der Waals surface area (Å²) in [6.45, 7) is 29.9. The molecule has 10 aromatic heterocycles. The summed E-state index contributed by atoms with van der Waals surface area (Å²) < 4.78 is 7.99. The number of nitrogen functional groups attached to an aromatic ring is 1. The molecule has 0 bridgehead atoms. The lowest BCUT2D eigenvalue weighted by Gasteiger charge is -2.36. The highest BCUT2D eigenvalue weighted by Crippen LogP contribution is 2.35. The highest BCUT2D eigenvalue weighted by molar-refractivity contribution is 5.98. The number of piperidine rings is 3. The third-order valence-corrected chi connectivity index (χ3v) is 21.7. The number of fused-ring (bicyclic) bond motifs is 6. The normalized spacial score (nSPS) is 15.5. The third kappa shape index (κ3) is 13.8. The average molecular weight is 1400 g/mol. The number of pyridine rings is 3. The first-order chi connectivity index (χ1) is 50.3. The summed E-state index contributed by atoms with van der Waals surface area (Å²) in [6, 6.07) is 26.8. The number of hydrogen-bond acceptors (Lipinski definition) is 19. The van der Waals surface area contributed by atoms with Gasteiger partial charge in [-0.25, -0.2) is 44.6 Å². The van der Waals surface area contributed by atoms with Crippen LogP contribution in [0.4, 0.5) is 17.5 Å². The second-order valence-corrected chi connectivity index (χ2v) is 29.1. The van der Waals surface area contributed by atoms with Gasteiger partial charge in [-0.2, -0.15) is 10.2 Å². The molecule has 3 aliphatic heterocycles. The fraction of sp³-hybridized carbons (Fsp3) is 0.423. The number of likely N-dealkylation sites (tertiary alicyclic amines) is 3. The fourth-order valence-corrected chi connectivity index (χ4v) is 16.1. The van der Waals surface area contributed by atoms with Gasteiger partial charge in [0, 0.05) is 118 Å². The standard InChI is InChI=1S/C27H31N9O.C26H33N7O.C25H31N7O/c1-16(2)34-9-7-20(8-10-34)36-21(11-18-6-4-5-17(3)22(18)27(36)37)14-35-26-23(25(28)29-15-30-26)24(33-35)19-12-31-32-13-19;1-5-31(25-23-24(28-15-27-23)29-16-30-25)14-21-13-19-8-6-7-18(4)22(19)26(34)33(21)20-9-11-32(12-10-20)17(2)3;1-16(2)31-10-8-19(9-11-31)32-20(12-18-7-5-6-17(3)21(18)25(32)33)13-30(4)24-22-23(27-14-26-22)28-15-29-24/h4-6,11-13,15-16,20H,7-10,14H2,1-3H3,(H,31,32)(H2,28,29,30);6-8,13,15-17,20H,5,9-12,14H2,1-4H3,(H,27,28,29,30);5-7,12,14-16,19H,8-11,13H2,1-4H3,(H,26,27,28,29). The zero-order chi connectivity index (χ0) is 72.6. The van der Waals surface area contributed by atoms with Gasteiger partial charge in [0.25, 0.3) is 16.7 Å². The summed E-state index contributed by atoms with van der Waals surface area (Å²) >= 11 is 0. The molecule has 3 aromatic carbocycles. The summed E-state index contributed by atoms with van der Waals surface area (Å²) in [5.74, 6) is 1.94. The van der Waals surface area contributed by atoms with Gasteiger partial charge in [0.15, 0.2) is 28.6 Å². The number of nitrogens with zero attached hydrogens (tertiary/aromatic N) is 19. The van der Waals surface area contributed by atoms with Crippen LogP contribution in [0.5, 0.6) is 0 Å². The van der Waals surface area contributed by atoms with Crippen LogP contribution in [0.25, 0.3) is 76.9 Å². The van der Waals surface area contributed by atoms with Crippen LogP contribution in [0, 0.1) is 20.8 Å². The Morgan fingerprint density at radius 1 is 0.529 bits per heavy atom. The lowest BCUT2D eigenvalue weighted by atomic mass is 10.00. The maximum absolute atomic E-state index is 14.0. The summed E-state index contributed by atoms with van der Waals surface area (Å²) in [7, 11) is 2.00. The van der Waals surface area contributed by atoms with Crippen LogP contribution in [0.2, 0.25) is 0 Å². The van der Waals surface area contributed by atoms with Gasteiger partial charge < -0.3 is 53.9 Å². The Labute approximate surface area is 603 Å². The molecule has 5 N–H and O–H groups in total. The third-order valence-electron chi connectivity index (χ3n) is 21.7. The highest BCUT2D eigenvalue weighted by Gasteiger charge is 2.31. The summed E-state index contributed by atoms with van der Waals surface area (Å²) in [5, 5.41) is 17.9. The van der Waals surface area contributed by atoms with E-state index in [-0.39, 0.29) is 34.8 Å². The molecule has 26 heteroatoms. The number of nitrogens with one attached hydrogen (secondary N) is 3. The van der Waals surface area contributed by atoms with Crippen LogP contribution < -0.4 is 32.2 Å². The summed E-state index contributed by atoms with van der Waals surface area (Å²) in [6.07, 6.45) is 17.1. The number of hydrogen-bond donors (Lipinski definition) is 4. The first-order valence-corrected chi connectivity index (χ1v) is 36.7. The monoisotopic (exact) mass is 1400 g/mol. The molecule has 13 heterocycles. The van der Waals surface area contributed by atoms with Gasteiger partial charge in [-0.1, -0.05) is 54.6 Å². The van der Waals surface area contributed by atoms with E-state index in [0.29, 0.717) is 71.6 Å². The summed E-state index contributed by atoms with van der Waals surface area (Å²) in [5.41, 5.74) is 17.6. The Kier molecular flexibility index (Phi) is 20.3. The Bertz CT molecular complexity index is 5410. The van der Waals surface area contributed by atoms with Crippen molar-refractivity contribution in [3.05, 3.63) is 182 Å². The van der Waals surface area contributed by atoms with Gasteiger partial charge >= 0.3 is 0 Å². The van der Waals surface area contributed by atoms with E-state index < -0.39 is 0 Å². The van der Waals surface area contributed by atoms with E-state index in [0.717, 1.165) is 179 Å². The number of aromatic nitrogens is 17. The van der Waals surface area contributed by atoms with Crippen LogP contribution in [0.1, 0.15) is 139 Å². The predicted molar refractivity (Wildman–Crippen MR) is 412 cm³/mol. The largest absolute Gasteiger partial charge is 0.383 e. The highest BCUT2D eigenvalue weighted by atomic mass is 16.1. The molecule has 13 aromatic rings. The van der Waals surface area contributed by atoms with Gasteiger partial charge in [0.2, 0.25) is 0 Å². The number of rotatable bonds is 16. The molecule has 26 nitrogen and oxygen atoms in total. The molecule has 3 saturated heterocycles. The molecule has 0 radical (unpaired) electrons. The Morgan fingerprint density at radius 3 is 1.41 bits per heavy atom. The predicted octanol–water partition coefficient (Wildman–Crippen LogP) is 11.2. The van der Waals surface area contributed by atoms with Gasteiger partial charge in [0.05, 0.1) is 60.0 Å². The number of H-pyrrole nitrogens is 3. The van der Waals surface area contributed by atoms with E-state index >= 15 is 0 Å². The van der Waals surface area contributed by atoms with E-state index in [9.17, 15) is 14.4 Å². The average Bonchev–Trinajstić information content (AvgIpc) is 0.993. The molecule has 16 rings (SSSR count). The molecule has 104 heavy (non-hydrogen) atoms. The molecular formula is C78H95N23O3. The van der Waals surface area contributed by atoms with E-state index in [1.807, 2.05) is 91.7 Å². The van der Waals surface area contributed by atoms with E-state index in [1.165, 1.54) is 12.7 Å². The number of anilines is 3. The zero-order valence-corrected chi connectivity index (χ0v) is 61.5. The minimum absolute atomic E-state index is 0.0641. The topological polar surface area (TPSA) is 289 Å². The maximum atomic E-state index is 14.0. The molecule has 540 valence electrons. The van der Waals surface area contributed by atoms with Crippen LogP contribution in [0.15, 0.2) is 131 Å². The molecule has 0 saturated carbocycles. The number of nitrogens with two attached hydrogens (primary N) is 1. The van der Waals surface area contributed by atoms with Crippen LogP contribution in [-0.4, -0.2) is 169 Å². The van der Waals surface area contributed by atoms with Gasteiger partial charge in [0.1, 0.15) is 41.5 Å². The Morgan fingerprint density at radius 2 is 0.962 bits per heavy atom. The molecule has 0 unspecified atom stereocenters. The quantitative estimate of drug-likeness (QED) is 0.0699. The van der Waals surface area contributed by atoms with Crippen molar-refractivity contribution in [1.29, 1.82) is 0 Å². The zero-order valence-electron chi connectivity index (χ0n) is 61.5. The second-order valence-electron chi connectivity index (χ2n) is 29.1. The SMILES string of the molecule is CCN(Cc1cc2cccc(C)c2c(=O)n1C1CCN(C(C)C)CC1)c1ncnc2nc[nH]c12.Cc1cccc2cc(CN(C)c3ncnc4nc[nH]c34)n(C3CCN(C(C)C)CC3)c(=O)c12.Cc1cccc2cc(Cn3nc(-c4cn[nH]c4)c4c(N)ncnc43)n(C3CCN(C(C)C)CC3)c(=O)c12. The van der Waals surface area contributed by atoms with Gasteiger partial charge in [-0.05, 0) is 159 Å². The van der Waals surface area contributed by atoms with Crippen molar-refractivity contribution < 1.29 is 0 Å². The van der Waals surface area contributed by atoms with E-state index in [1.54, 1.807) is 31.4 Å². The molecule has 0 amide bonds. The second kappa shape index (κ2) is 30.0. The number of aryl methyl sites for hydroxylation is 3. The van der Waals surface area contributed by atoms with Crippen molar-refractivity contribution in [3.8, 4) is 11.3 Å². The van der Waals surface area contributed by atoms with Crippen LogP contribution in [-0.2, 0) is 19.6 Å². The lowest BCUT2D eigenvalue weighted by Crippen LogP contribution is -2.42. The Balaban J connectivity index is 0.000000132. The van der Waals surface area contributed by atoms with Crippen molar-refractivity contribution in [2.24, 2.45) is 0 Å². The van der Waals surface area contributed by atoms with Crippen LogP contribution >= 0.6 is 0 Å². The lowest BCUT2D eigenvalue weighted by molar-refractivity contribution is 0.149. The molecule has 3 fully saturated rings. The summed E-state index contributed by atoms with van der Waals surface area (Å²) in [4.78, 5) is 94.7. The van der Waals surface area contributed by atoms with Crippen molar-refractivity contribution >= 4 is 83.1 Å². The maximum Gasteiger partial charge on any atom is 0.259 e. The minimum atomic E-state index is 0.0641. The van der Waals surface area contributed by atoms with Crippen molar-refractivity contribution in [3.63, 3.8) is 0 Å². The number of benzene rings is 3. The van der Waals surface area contributed by atoms with Crippen molar-refractivity contribution in [2.45, 2.75) is 164 Å². The number of aromatic amines is 3. The first kappa shape index (κ1) is 70.5. The van der Waals surface area contributed by atoms with E-state index in [2.05, 4.69) is 160 Å². The van der Waals surface area contributed by atoms with Crippen molar-refractivity contribution in [2.75, 3.05) is 68.4 Å². The van der Waals surface area contributed by atoms with E-state index in [4.69, 9.17) is 10.8 Å². The molecular weight excluding hydrogens is 1310 g/mol. The van der Waals surface area contributed by atoms with Gasteiger partial charge in [-0.3, -0.25) is 19.5 Å². The molecule has 0 aliphatic carbocycles. The first-order valence-electron chi connectivity index (χ1n) is 36.7. The number of imidazole rings is 2. The minimum Gasteiger partial charge on any atom is -0.383 e. The molecule has 3 aliphatic rings. The molecule has 0 atom stereocenters.